The lowest BCUT2D eigenvalue weighted by molar-refractivity contribution is 0.101. The molecule has 0 atom stereocenters. The zero-order valence-corrected chi connectivity index (χ0v) is 7.79. The normalized spacial score (nSPS) is 10.0. The molecule has 2 nitrogen and oxygen atoms in total. The van der Waals surface area contributed by atoms with Gasteiger partial charge in [0.25, 0.3) is 0 Å². The Bertz CT molecular complexity index is 292. The Morgan fingerprint density at radius 2 is 2.23 bits per heavy atom. The molecule has 0 radical (unpaired) electrons. The smallest absolute Gasteiger partial charge is 0.159 e. The first-order valence-corrected chi connectivity index (χ1v) is 4.45. The van der Waals surface area contributed by atoms with Gasteiger partial charge in [0.2, 0.25) is 0 Å². The van der Waals surface area contributed by atoms with Crippen LogP contribution in [0.4, 0.5) is 0 Å². The molecule has 0 aliphatic heterocycles. The molecule has 70 valence electrons. The lowest BCUT2D eigenvalue weighted by Crippen LogP contribution is -1.95. The topological polar surface area (TPSA) is 37.3 Å². The molecule has 0 aliphatic carbocycles. The number of benzene rings is 1. The largest absolute Gasteiger partial charge is 0.396 e. The number of aliphatic hydroxyl groups is 1. The van der Waals surface area contributed by atoms with Gasteiger partial charge in [0, 0.05) is 12.2 Å². The van der Waals surface area contributed by atoms with Gasteiger partial charge >= 0.3 is 0 Å². The molecule has 0 fully saturated rings. The quantitative estimate of drug-likeness (QED) is 0.714. The molecular formula is C11H14O2. The number of hydrogen-bond donors (Lipinski definition) is 1. The first-order valence-electron chi connectivity index (χ1n) is 4.45. The van der Waals surface area contributed by atoms with Gasteiger partial charge in [0.15, 0.2) is 5.78 Å². The highest BCUT2D eigenvalue weighted by molar-refractivity contribution is 5.94. The minimum absolute atomic E-state index is 0.0887. The van der Waals surface area contributed by atoms with Crippen molar-refractivity contribution >= 4 is 5.78 Å². The van der Waals surface area contributed by atoms with Crippen molar-refractivity contribution in [2.45, 2.75) is 19.8 Å². The van der Waals surface area contributed by atoms with E-state index in [1.807, 2.05) is 24.3 Å². The molecule has 0 bridgehead atoms. The molecular weight excluding hydrogens is 164 g/mol. The molecule has 1 N–H and O–H groups in total. The van der Waals surface area contributed by atoms with Crippen LogP contribution in [0.15, 0.2) is 24.3 Å². The molecule has 0 aromatic heterocycles. The van der Waals surface area contributed by atoms with E-state index in [4.69, 9.17) is 5.11 Å². The van der Waals surface area contributed by atoms with Gasteiger partial charge in [0.05, 0.1) is 0 Å². The summed E-state index contributed by atoms with van der Waals surface area (Å²) in [5.41, 5.74) is 1.86. The maximum absolute atomic E-state index is 11.0. The van der Waals surface area contributed by atoms with Gasteiger partial charge in [-0.15, -0.1) is 0 Å². The van der Waals surface area contributed by atoms with Gasteiger partial charge in [-0.1, -0.05) is 18.2 Å². The highest BCUT2D eigenvalue weighted by Crippen LogP contribution is 2.07. The van der Waals surface area contributed by atoms with Crippen LogP contribution in [0.1, 0.15) is 29.3 Å². The third kappa shape index (κ3) is 2.99. The summed E-state index contributed by atoms with van der Waals surface area (Å²) in [6, 6.07) is 7.55. The molecule has 1 aromatic rings. The average molecular weight is 178 g/mol. The van der Waals surface area contributed by atoms with Gasteiger partial charge in [-0.05, 0) is 31.4 Å². The fourth-order valence-electron chi connectivity index (χ4n) is 1.23. The summed E-state index contributed by atoms with van der Waals surface area (Å²) in [4.78, 5) is 11.0. The zero-order chi connectivity index (χ0) is 9.68. The van der Waals surface area contributed by atoms with Crippen LogP contribution in [-0.4, -0.2) is 17.5 Å². The average Bonchev–Trinajstić information content (AvgIpc) is 2.15. The van der Waals surface area contributed by atoms with Gasteiger partial charge in [-0.2, -0.15) is 0 Å². The number of ketones is 1. The Labute approximate surface area is 78.2 Å². The van der Waals surface area contributed by atoms with E-state index in [9.17, 15) is 4.79 Å². The van der Waals surface area contributed by atoms with E-state index >= 15 is 0 Å². The second kappa shape index (κ2) is 4.77. The summed E-state index contributed by atoms with van der Waals surface area (Å²) in [5.74, 6) is 0.0887. The van der Waals surface area contributed by atoms with Crippen molar-refractivity contribution in [1.29, 1.82) is 0 Å². The lowest BCUT2D eigenvalue weighted by atomic mass is 10.0. The summed E-state index contributed by atoms with van der Waals surface area (Å²) >= 11 is 0. The molecule has 2 heteroatoms. The summed E-state index contributed by atoms with van der Waals surface area (Å²) in [5, 5.41) is 8.64. The number of carbonyl (C=O) groups excluding carboxylic acids is 1. The number of hydrogen-bond acceptors (Lipinski definition) is 2. The Hall–Kier alpha value is -1.15. The van der Waals surface area contributed by atoms with Crippen LogP contribution in [-0.2, 0) is 6.42 Å². The second-order valence-electron chi connectivity index (χ2n) is 3.08. The van der Waals surface area contributed by atoms with E-state index in [0.717, 1.165) is 24.0 Å². The van der Waals surface area contributed by atoms with Crippen molar-refractivity contribution in [3.05, 3.63) is 35.4 Å². The van der Waals surface area contributed by atoms with Gasteiger partial charge < -0.3 is 5.11 Å². The molecule has 1 rings (SSSR count). The van der Waals surface area contributed by atoms with Crippen molar-refractivity contribution in [3.63, 3.8) is 0 Å². The fraction of sp³-hybridized carbons (Fsp3) is 0.364. The molecule has 0 aliphatic rings. The summed E-state index contributed by atoms with van der Waals surface area (Å²) in [6.07, 6.45) is 1.58. The Morgan fingerprint density at radius 3 is 2.85 bits per heavy atom. The van der Waals surface area contributed by atoms with E-state index in [2.05, 4.69) is 0 Å². The van der Waals surface area contributed by atoms with Crippen molar-refractivity contribution in [3.8, 4) is 0 Å². The van der Waals surface area contributed by atoms with E-state index < -0.39 is 0 Å². The molecule has 0 amide bonds. The maximum Gasteiger partial charge on any atom is 0.159 e. The molecule has 13 heavy (non-hydrogen) atoms. The summed E-state index contributed by atoms with van der Waals surface area (Å²) in [6.45, 7) is 1.76. The second-order valence-corrected chi connectivity index (χ2v) is 3.08. The molecule has 0 saturated carbocycles. The van der Waals surface area contributed by atoms with Crippen LogP contribution >= 0.6 is 0 Å². The van der Waals surface area contributed by atoms with Crippen LogP contribution in [0.5, 0.6) is 0 Å². The number of aliphatic hydroxyl groups excluding tert-OH is 1. The van der Waals surface area contributed by atoms with Gasteiger partial charge in [-0.3, -0.25) is 4.79 Å². The highest BCUT2D eigenvalue weighted by Gasteiger charge is 1.99. The first-order chi connectivity index (χ1) is 6.24. The molecule has 0 spiro atoms. The number of rotatable bonds is 4. The van der Waals surface area contributed by atoms with Gasteiger partial charge in [0.1, 0.15) is 0 Å². The third-order valence-corrected chi connectivity index (χ3v) is 1.96. The van der Waals surface area contributed by atoms with E-state index in [1.165, 1.54) is 0 Å². The van der Waals surface area contributed by atoms with E-state index in [1.54, 1.807) is 6.92 Å². The molecule has 0 saturated heterocycles. The zero-order valence-electron chi connectivity index (χ0n) is 7.79. The van der Waals surface area contributed by atoms with Crippen LogP contribution in [0.3, 0.4) is 0 Å². The Morgan fingerprint density at radius 1 is 1.46 bits per heavy atom. The van der Waals surface area contributed by atoms with E-state index in [-0.39, 0.29) is 12.4 Å². The van der Waals surface area contributed by atoms with Gasteiger partial charge in [-0.25, -0.2) is 0 Å². The molecule has 0 unspecified atom stereocenters. The molecule has 0 heterocycles. The van der Waals surface area contributed by atoms with Crippen LogP contribution in [0, 0.1) is 0 Å². The molecule has 1 aromatic carbocycles. The fourth-order valence-corrected chi connectivity index (χ4v) is 1.23. The monoisotopic (exact) mass is 178 g/mol. The highest BCUT2D eigenvalue weighted by atomic mass is 16.2. The Kier molecular flexibility index (Phi) is 3.65. The Balaban J connectivity index is 2.73. The van der Waals surface area contributed by atoms with E-state index in [0.29, 0.717) is 0 Å². The minimum Gasteiger partial charge on any atom is -0.396 e. The lowest BCUT2D eigenvalue weighted by Gasteiger charge is -2.01. The van der Waals surface area contributed by atoms with Crippen molar-refractivity contribution in [2.24, 2.45) is 0 Å². The SMILES string of the molecule is CC(=O)c1cccc(CCCO)c1. The predicted octanol–water partition coefficient (Wildman–Crippen LogP) is 1.81. The first kappa shape index (κ1) is 9.93. The van der Waals surface area contributed by atoms with Crippen molar-refractivity contribution < 1.29 is 9.90 Å². The maximum atomic E-state index is 11.0. The van der Waals surface area contributed by atoms with Crippen LogP contribution in [0.25, 0.3) is 0 Å². The summed E-state index contributed by atoms with van der Waals surface area (Å²) < 4.78 is 0. The number of Topliss-reactive ketones (excluding diaryl/α,β-unsaturated/α-hetero) is 1. The number of carbonyl (C=O) groups is 1. The minimum atomic E-state index is 0.0887. The number of aryl methyl sites for hydroxylation is 1. The predicted molar refractivity (Wildman–Crippen MR) is 51.9 cm³/mol. The van der Waals surface area contributed by atoms with Crippen LogP contribution < -0.4 is 0 Å². The standard InChI is InChI=1S/C11H14O2/c1-9(13)11-6-2-4-10(8-11)5-3-7-12/h2,4,6,8,12H,3,5,7H2,1H3. The third-order valence-electron chi connectivity index (χ3n) is 1.96. The van der Waals surface area contributed by atoms with Crippen molar-refractivity contribution in [2.75, 3.05) is 6.61 Å². The van der Waals surface area contributed by atoms with Crippen molar-refractivity contribution in [1.82, 2.24) is 0 Å². The summed E-state index contributed by atoms with van der Waals surface area (Å²) in [7, 11) is 0. The van der Waals surface area contributed by atoms with Crippen LogP contribution in [0.2, 0.25) is 0 Å².